The predicted molar refractivity (Wildman–Crippen MR) is 81.4 cm³/mol. The van der Waals surface area contributed by atoms with Crippen molar-refractivity contribution >= 4 is 23.2 Å². The molecule has 20 heavy (non-hydrogen) atoms. The van der Waals surface area contributed by atoms with Crippen LogP contribution < -0.4 is 5.32 Å². The maximum atomic E-state index is 12.1. The van der Waals surface area contributed by atoms with Gasteiger partial charge in [0.05, 0.1) is 0 Å². The number of amides is 1. The van der Waals surface area contributed by atoms with Gasteiger partial charge < -0.3 is 10.4 Å². The number of anilines is 1. The highest BCUT2D eigenvalue weighted by atomic mass is 35.5. The Morgan fingerprint density at radius 2 is 1.90 bits per heavy atom. The lowest BCUT2D eigenvalue weighted by atomic mass is 10.1. The lowest BCUT2D eigenvalue weighted by Gasteiger charge is -2.07. The van der Waals surface area contributed by atoms with Crippen LogP contribution in [-0.4, -0.2) is 17.6 Å². The van der Waals surface area contributed by atoms with Crippen LogP contribution >= 0.6 is 11.6 Å². The normalized spacial score (nSPS) is 10.3. The van der Waals surface area contributed by atoms with Gasteiger partial charge in [0.25, 0.3) is 5.91 Å². The van der Waals surface area contributed by atoms with E-state index in [2.05, 4.69) is 5.32 Å². The highest BCUT2D eigenvalue weighted by Gasteiger charge is 2.07. The minimum Gasteiger partial charge on any atom is -0.396 e. The van der Waals surface area contributed by atoms with E-state index in [1.165, 1.54) is 0 Å². The molecule has 0 unspecified atom stereocenters. The maximum Gasteiger partial charge on any atom is 0.255 e. The third-order valence-corrected chi connectivity index (χ3v) is 3.45. The SMILES string of the molecule is Cc1ccc(C(=O)Nc2ccc(CCO)cc2)cc1Cl. The molecule has 0 aliphatic rings. The Hall–Kier alpha value is -1.84. The van der Waals surface area contributed by atoms with Gasteiger partial charge in [-0.2, -0.15) is 0 Å². The van der Waals surface area contributed by atoms with Gasteiger partial charge in [-0.1, -0.05) is 29.8 Å². The van der Waals surface area contributed by atoms with E-state index in [9.17, 15) is 4.79 Å². The number of hydrogen-bond donors (Lipinski definition) is 2. The largest absolute Gasteiger partial charge is 0.396 e. The van der Waals surface area contributed by atoms with Gasteiger partial charge in [-0.25, -0.2) is 0 Å². The van der Waals surface area contributed by atoms with Gasteiger partial charge in [-0.05, 0) is 48.7 Å². The zero-order valence-corrected chi connectivity index (χ0v) is 11.9. The lowest BCUT2D eigenvalue weighted by molar-refractivity contribution is 0.102. The number of rotatable bonds is 4. The molecular formula is C16H16ClNO2. The zero-order valence-electron chi connectivity index (χ0n) is 11.2. The molecule has 2 aromatic carbocycles. The molecule has 0 saturated carbocycles. The van der Waals surface area contributed by atoms with Crippen molar-refractivity contribution < 1.29 is 9.90 Å². The van der Waals surface area contributed by atoms with Crippen LogP contribution in [0.2, 0.25) is 5.02 Å². The topological polar surface area (TPSA) is 49.3 Å². The van der Waals surface area contributed by atoms with Gasteiger partial charge in [-0.15, -0.1) is 0 Å². The van der Waals surface area contributed by atoms with Crippen LogP contribution in [0.3, 0.4) is 0 Å². The number of carbonyl (C=O) groups is 1. The molecule has 2 rings (SSSR count). The molecule has 1 amide bonds. The molecule has 0 spiro atoms. The maximum absolute atomic E-state index is 12.1. The van der Waals surface area contributed by atoms with Crippen molar-refractivity contribution in [3.05, 3.63) is 64.2 Å². The Morgan fingerprint density at radius 3 is 2.50 bits per heavy atom. The standard InChI is InChI=1S/C16H16ClNO2/c1-11-2-5-13(10-15(11)17)16(20)18-14-6-3-12(4-7-14)8-9-19/h2-7,10,19H,8-9H2,1H3,(H,18,20). The van der Waals surface area contributed by atoms with Gasteiger partial charge in [-0.3, -0.25) is 4.79 Å². The summed E-state index contributed by atoms with van der Waals surface area (Å²) in [5.41, 5.74) is 3.22. The number of nitrogens with one attached hydrogen (secondary N) is 1. The van der Waals surface area contributed by atoms with Crippen LogP contribution in [0.15, 0.2) is 42.5 Å². The molecule has 0 heterocycles. The molecule has 0 fully saturated rings. The number of carbonyl (C=O) groups excluding carboxylic acids is 1. The summed E-state index contributed by atoms with van der Waals surface area (Å²) in [5, 5.41) is 12.2. The summed E-state index contributed by atoms with van der Waals surface area (Å²) in [5.74, 6) is -0.193. The number of aryl methyl sites for hydroxylation is 1. The number of halogens is 1. The fourth-order valence-electron chi connectivity index (χ4n) is 1.82. The first-order chi connectivity index (χ1) is 9.60. The molecule has 0 aliphatic carbocycles. The fourth-order valence-corrected chi connectivity index (χ4v) is 2.00. The van der Waals surface area contributed by atoms with Crippen molar-refractivity contribution in [1.82, 2.24) is 0 Å². The van der Waals surface area contributed by atoms with Crippen LogP contribution in [0.4, 0.5) is 5.69 Å². The second-order valence-electron chi connectivity index (χ2n) is 4.59. The van der Waals surface area contributed by atoms with E-state index in [1.54, 1.807) is 12.1 Å². The molecule has 104 valence electrons. The van der Waals surface area contributed by atoms with E-state index in [4.69, 9.17) is 16.7 Å². The molecule has 0 aliphatic heterocycles. The lowest BCUT2D eigenvalue weighted by Crippen LogP contribution is -2.11. The van der Waals surface area contributed by atoms with Crippen molar-refractivity contribution in [2.24, 2.45) is 0 Å². The van der Waals surface area contributed by atoms with E-state index >= 15 is 0 Å². The fraction of sp³-hybridized carbons (Fsp3) is 0.188. The second-order valence-corrected chi connectivity index (χ2v) is 5.00. The first kappa shape index (κ1) is 14.6. The highest BCUT2D eigenvalue weighted by Crippen LogP contribution is 2.18. The van der Waals surface area contributed by atoms with Crippen molar-refractivity contribution in [3.8, 4) is 0 Å². The van der Waals surface area contributed by atoms with Gasteiger partial charge in [0.1, 0.15) is 0 Å². The summed E-state index contributed by atoms with van der Waals surface area (Å²) in [4.78, 5) is 12.1. The summed E-state index contributed by atoms with van der Waals surface area (Å²) in [7, 11) is 0. The Bertz CT molecular complexity index is 608. The van der Waals surface area contributed by atoms with E-state index in [1.807, 2.05) is 37.3 Å². The van der Waals surface area contributed by atoms with E-state index in [-0.39, 0.29) is 12.5 Å². The number of hydrogen-bond acceptors (Lipinski definition) is 2. The zero-order chi connectivity index (χ0) is 14.5. The molecule has 0 bridgehead atoms. The number of benzene rings is 2. The van der Waals surface area contributed by atoms with Gasteiger partial charge in [0.2, 0.25) is 0 Å². The van der Waals surface area contributed by atoms with Crippen LogP contribution in [-0.2, 0) is 6.42 Å². The summed E-state index contributed by atoms with van der Waals surface area (Å²) in [6.45, 7) is 2.01. The van der Waals surface area contributed by atoms with Crippen LogP contribution in [0.1, 0.15) is 21.5 Å². The van der Waals surface area contributed by atoms with Crippen LogP contribution in [0.25, 0.3) is 0 Å². The third-order valence-electron chi connectivity index (χ3n) is 3.05. The van der Waals surface area contributed by atoms with Crippen molar-refractivity contribution in [2.75, 3.05) is 11.9 Å². The second kappa shape index (κ2) is 6.55. The molecule has 0 aromatic heterocycles. The summed E-state index contributed by atoms with van der Waals surface area (Å²) in [6, 6.07) is 12.6. The average Bonchev–Trinajstić information content (AvgIpc) is 2.44. The van der Waals surface area contributed by atoms with Crippen molar-refractivity contribution in [3.63, 3.8) is 0 Å². The molecule has 2 N–H and O–H groups in total. The predicted octanol–water partition coefficient (Wildman–Crippen LogP) is 3.44. The average molecular weight is 290 g/mol. The Morgan fingerprint density at radius 1 is 1.20 bits per heavy atom. The highest BCUT2D eigenvalue weighted by molar-refractivity contribution is 6.31. The quantitative estimate of drug-likeness (QED) is 0.906. The first-order valence-electron chi connectivity index (χ1n) is 6.37. The monoisotopic (exact) mass is 289 g/mol. The Balaban J connectivity index is 2.08. The summed E-state index contributed by atoms with van der Waals surface area (Å²) < 4.78 is 0. The molecule has 3 nitrogen and oxygen atoms in total. The van der Waals surface area contributed by atoms with Crippen molar-refractivity contribution in [1.29, 1.82) is 0 Å². The number of aliphatic hydroxyl groups is 1. The minimum atomic E-state index is -0.193. The summed E-state index contributed by atoms with van der Waals surface area (Å²) in [6.07, 6.45) is 0.613. The molecule has 0 radical (unpaired) electrons. The number of aliphatic hydroxyl groups excluding tert-OH is 1. The molecule has 4 heteroatoms. The first-order valence-corrected chi connectivity index (χ1v) is 6.75. The molecular weight excluding hydrogens is 274 g/mol. The van der Waals surface area contributed by atoms with E-state index in [0.717, 1.165) is 11.1 Å². The Labute approximate surface area is 123 Å². The van der Waals surface area contributed by atoms with Gasteiger partial charge in [0.15, 0.2) is 0 Å². The minimum absolute atomic E-state index is 0.119. The smallest absolute Gasteiger partial charge is 0.255 e. The van der Waals surface area contributed by atoms with Crippen LogP contribution in [0.5, 0.6) is 0 Å². The summed E-state index contributed by atoms with van der Waals surface area (Å²) >= 11 is 6.01. The third kappa shape index (κ3) is 3.59. The van der Waals surface area contributed by atoms with Gasteiger partial charge in [0, 0.05) is 22.9 Å². The van der Waals surface area contributed by atoms with E-state index in [0.29, 0.717) is 22.7 Å². The van der Waals surface area contributed by atoms with E-state index < -0.39 is 0 Å². The molecule has 2 aromatic rings. The Kier molecular flexibility index (Phi) is 4.77. The molecule has 0 saturated heterocycles. The van der Waals surface area contributed by atoms with Crippen molar-refractivity contribution in [2.45, 2.75) is 13.3 Å². The van der Waals surface area contributed by atoms with Gasteiger partial charge >= 0.3 is 0 Å². The van der Waals surface area contributed by atoms with Crippen LogP contribution in [0, 0.1) is 6.92 Å². The molecule has 0 atom stereocenters.